The molecule has 0 bridgehead atoms. The molecule has 1 atom stereocenters. The lowest BCUT2D eigenvalue weighted by molar-refractivity contribution is 0.143. The molecule has 2 aliphatic rings. The number of rotatable bonds is 6. The Morgan fingerprint density at radius 1 is 0.895 bits per heavy atom. The number of nitrogens with zero attached hydrogens (tertiary/aromatic N) is 1. The minimum Gasteiger partial charge on any atom is -0.326 e. The average molecular weight is 266 g/mol. The van der Waals surface area contributed by atoms with E-state index in [9.17, 15) is 0 Å². The van der Waals surface area contributed by atoms with Crippen molar-refractivity contribution in [1.82, 2.24) is 4.90 Å². The second-order valence-corrected chi connectivity index (χ2v) is 7.35. The number of hydrogen-bond acceptors (Lipinski definition) is 2. The maximum atomic E-state index is 6.55. The molecular formula is C17H34N2. The van der Waals surface area contributed by atoms with E-state index in [1.165, 1.54) is 64.3 Å². The summed E-state index contributed by atoms with van der Waals surface area (Å²) in [4.78, 5) is 2.73. The second kappa shape index (κ2) is 7.64. The van der Waals surface area contributed by atoms with Crippen molar-refractivity contribution in [2.75, 3.05) is 13.1 Å². The largest absolute Gasteiger partial charge is 0.326 e. The van der Waals surface area contributed by atoms with Crippen LogP contribution in [0, 0.1) is 11.8 Å². The molecule has 19 heavy (non-hydrogen) atoms. The van der Waals surface area contributed by atoms with E-state index in [0.717, 1.165) is 24.4 Å². The molecule has 2 fully saturated rings. The molecule has 0 aromatic carbocycles. The molecule has 0 heterocycles. The highest BCUT2D eigenvalue weighted by atomic mass is 15.2. The van der Waals surface area contributed by atoms with Crippen LogP contribution in [0.15, 0.2) is 0 Å². The molecule has 0 spiro atoms. The predicted molar refractivity (Wildman–Crippen MR) is 83.2 cm³/mol. The fourth-order valence-electron chi connectivity index (χ4n) is 4.09. The third-order valence-corrected chi connectivity index (χ3v) is 5.14. The molecule has 0 amide bonds. The van der Waals surface area contributed by atoms with Gasteiger partial charge in [-0.2, -0.15) is 0 Å². The van der Waals surface area contributed by atoms with E-state index in [4.69, 9.17) is 5.73 Å². The summed E-state index contributed by atoms with van der Waals surface area (Å²) in [5, 5.41) is 0. The third kappa shape index (κ3) is 4.75. The minimum absolute atomic E-state index is 0.416. The summed E-state index contributed by atoms with van der Waals surface area (Å²) in [7, 11) is 0. The van der Waals surface area contributed by atoms with Crippen LogP contribution in [0.4, 0.5) is 0 Å². The minimum atomic E-state index is 0.416. The lowest BCUT2D eigenvalue weighted by atomic mass is 9.84. The van der Waals surface area contributed by atoms with E-state index in [1.54, 1.807) is 0 Å². The van der Waals surface area contributed by atoms with Crippen molar-refractivity contribution in [3.63, 3.8) is 0 Å². The summed E-state index contributed by atoms with van der Waals surface area (Å²) >= 11 is 0. The van der Waals surface area contributed by atoms with Gasteiger partial charge in [0.2, 0.25) is 0 Å². The zero-order valence-corrected chi connectivity index (χ0v) is 13.1. The molecule has 0 saturated heterocycles. The normalized spacial score (nSPS) is 24.5. The molecule has 0 aromatic rings. The highest BCUT2D eigenvalue weighted by Crippen LogP contribution is 2.28. The van der Waals surface area contributed by atoms with Crippen LogP contribution in [0.3, 0.4) is 0 Å². The Labute approximate surface area is 120 Å². The summed E-state index contributed by atoms with van der Waals surface area (Å²) in [6.07, 6.45) is 12.7. The monoisotopic (exact) mass is 266 g/mol. The molecule has 0 aromatic heterocycles. The van der Waals surface area contributed by atoms with Crippen LogP contribution in [-0.2, 0) is 0 Å². The van der Waals surface area contributed by atoms with E-state index in [2.05, 4.69) is 18.7 Å². The Bertz CT molecular complexity index is 240. The van der Waals surface area contributed by atoms with E-state index < -0.39 is 0 Å². The quantitative estimate of drug-likeness (QED) is 0.792. The SMILES string of the molecule is CC(C)CN(CC(N)C1CCCCC1)C1CCCC1. The lowest BCUT2D eigenvalue weighted by Crippen LogP contribution is -2.47. The molecule has 2 saturated carbocycles. The zero-order valence-electron chi connectivity index (χ0n) is 13.1. The van der Waals surface area contributed by atoms with E-state index in [1.807, 2.05) is 0 Å². The highest BCUT2D eigenvalue weighted by Gasteiger charge is 2.27. The van der Waals surface area contributed by atoms with Crippen molar-refractivity contribution in [3.05, 3.63) is 0 Å². The molecule has 2 aliphatic carbocycles. The van der Waals surface area contributed by atoms with Crippen molar-refractivity contribution in [1.29, 1.82) is 0 Å². The highest BCUT2D eigenvalue weighted by molar-refractivity contribution is 4.84. The maximum absolute atomic E-state index is 6.55. The van der Waals surface area contributed by atoms with Crippen molar-refractivity contribution >= 4 is 0 Å². The fraction of sp³-hybridized carbons (Fsp3) is 1.00. The van der Waals surface area contributed by atoms with Crippen molar-refractivity contribution in [3.8, 4) is 0 Å². The van der Waals surface area contributed by atoms with Crippen molar-refractivity contribution in [2.45, 2.75) is 83.7 Å². The predicted octanol–water partition coefficient (Wildman–Crippen LogP) is 3.79. The van der Waals surface area contributed by atoms with E-state index in [0.29, 0.717) is 6.04 Å². The average Bonchev–Trinajstić information content (AvgIpc) is 2.92. The van der Waals surface area contributed by atoms with Gasteiger partial charge in [0.05, 0.1) is 0 Å². The van der Waals surface area contributed by atoms with E-state index >= 15 is 0 Å². The van der Waals surface area contributed by atoms with Gasteiger partial charge in [0.15, 0.2) is 0 Å². The first kappa shape index (κ1) is 15.3. The molecule has 2 rings (SSSR count). The van der Waals surface area contributed by atoms with Gasteiger partial charge in [-0.1, -0.05) is 46.0 Å². The van der Waals surface area contributed by atoms with E-state index in [-0.39, 0.29) is 0 Å². The molecule has 2 nitrogen and oxygen atoms in total. The first-order valence-electron chi connectivity index (χ1n) is 8.66. The van der Waals surface area contributed by atoms with Crippen LogP contribution >= 0.6 is 0 Å². The first-order chi connectivity index (χ1) is 9.16. The molecule has 2 heteroatoms. The summed E-state index contributed by atoms with van der Waals surface area (Å²) in [6.45, 7) is 7.07. The van der Waals surface area contributed by atoms with Crippen LogP contribution in [0.25, 0.3) is 0 Å². The van der Waals surface area contributed by atoms with Gasteiger partial charge < -0.3 is 5.73 Å². The van der Waals surface area contributed by atoms with Gasteiger partial charge in [-0.25, -0.2) is 0 Å². The standard InChI is InChI=1S/C17H34N2/c1-14(2)12-19(16-10-6-7-11-16)13-17(18)15-8-4-3-5-9-15/h14-17H,3-13,18H2,1-2H3. The lowest BCUT2D eigenvalue weighted by Gasteiger charge is -2.36. The topological polar surface area (TPSA) is 29.3 Å². The van der Waals surface area contributed by atoms with Crippen LogP contribution in [0.5, 0.6) is 0 Å². The number of hydrogen-bond donors (Lipinski definition) is 1. The Balaban J connectivity index is 1.86. The molecule has 0 aliphatic heterocycles. The Morgan fingerprint density at radius 2 is 1.47 bits per heavy atom. The van der Waals surface area contributed by atoms with Gasteiger partial charge in [-0.15, -0.1) is 0 Å². The van der Waals surface area contributed by atoms with Crippen LogP contribution in [-0.4, -0.2) is 30.1 Å². The molecule has 2 N–H and O–H groups in total. The molecule has 0 radical (unpaired) electrons. The Morgan fingerprint density at radius 3 is 2.05 bits per heavy atom. The fourth-order valence-corrected chi connectivity index (χ4v) is 4.09. The van der Waals surface area contributed by atoms with Gasteiger partial charge in [-0.05, 0) is 37.5 Å². The van der Waals surface area contributed by atoms with Crippen LogP contribution in [0.1, 0.15) is 71.6 Å². The van der Waals surface area contributed by atoms with Gasteiger partial charge >= 0.3 is 0 Å². The van der Waals surface area contributed by atoms with Crippen molar-refractivity contribution in [2.24, 2.45) is 17.6 Å². The first-order valence-corrected chi connectivity index (χ1v) is 8.66. The third-order valence-electron chi connectivity index (χ3n) is 5.14. The number of nitrogens with two attached hydrogens (primary N) is 1. The molecular weight excluding hydrogens is 232 g/mol. The van der Waals surface area contributed by atoms with Crippen LogP contribution < -0.4 is 5.73 Å². The Hall–Kier alpha value is -0.0800. The molecule has 1 unspecified atom stereocenters. The summed E-state index contributed by atoms with van der Waals surface area (Å²) in [5.74, 6) is 1.56. The Kier molecular flexibility index (Phi) is 6.15. The van der Waals surface area contributed by atoms with Gasteiger partial charge in [-0.3, -0.25) is 4.90 Å². The summed E-state index contributed by atoms with van der Waals surface area (Å²) < 4.78 is 0. The van der Waals surface area contributed by atoms with Gasteiger partial charge in [0, 0.05) is 25.2 Å². The summed E-state index contributed by atoms with van der Waals surface area (Å²) in [5.41, 5.74) is 6.55. The van der Waals surface area contributed by atoms with Gasteiger partial charge in [0.25, 0.3) is 0 Å². The van der Waals surface area contributed by atoms with Crippen molar-refractivity contribution < 1.29 is 0 Å². The molecule has 112 valence electrons. The smallest absolute Gasteiger partial charge is 0.0196 e. The van der Waals surface area contributed by atoms with Gasteiger partial charge in [0.1, 0.15) is 0 Å². The maximum Gasteiger partial charge on any atom is 0.0196 e. The summed E-state index contributed by atoms with van der Waals surface area (Å²) in [6, 6.07) is 1.25. The van der Waals surface area contributed by atoms with Crippen LogP contribution in [0.2, 0.25) is 0 Å². The zero-order chi connectivity index (χ0) is 13.7. The second-order valence-electron chi connectivity index (χ2n) is 7.35.